The van der Waals surface area contributed by atoms with Crippen molar-refractivity contribution in [3.05, 3.63) is 41.5 Å². The third-order valence-corrected chi connectivity index (χ3v) is 3.80. The summed E-state index contributed by atoms with van der Waals surface area (Å²) in [6.45, 7) is 0. The number of carbonyl (C=O) groups excluding carboxylic acids is 2. The van der Waals surface area contributed by atoms with E-state index in [0.29, 0.717) is 29.7 Å². The van der Waals surface area contributed by atoms with Crippen LogP contribution in [0.1, 0.15) is 33.6 Å². The summed E-state index contributed by atoms with van der Waals surface area (Å²) in [6, 6.07) is 4.93. The molecule has 4 nitrogen and oxygen atoms in total. The highest BCUT2D eigenvalue weighted by Gasteiger charge is 2.42. The lowest BCUT2D eigenvalue weighted by atomic mass is 9.69. The Morgan fingerprint density at radius 2 is 1.72 bits per heavy atom. The number of benzene rings is 1. The molecule has 3 rings (SSSR count). The molecule has 0 fully saturated rings. The third-order valence-electron chi connectivity index (χ3n) is 3.80. The Morgan fingerprint density at radius 1 is 1.06 bits per heavy atom. The molecular weight excluding hydrogens is 230 g/mol. The number of carbonyl (C=O) groups is 2. The van der Waals surface area contributed by atoms with Gasteiger partial charge in [0.2, 0.25) is 0 Å². The second kappa shape index (κ2) is 4.07. The lowest BCUT2D eigenvalue weighted by Gasteiger charge is -2.32. The minimum atomic E-state index is -0.274. The van der Waals surface area contributed by atoms with Crippen molar-refractivity contribution < 1.29 is 14.8 Å². The van der Waals surface area contributed by atoms with Crippen LogP contribution >= 0.6 is 0 Å². The van der Waals surface area contributed by atoms with Gasteiger partial charge in [0.15, 0.2) is 11.6 Å². The highest BCUT2D eigenvalue weighted by molar-refractivity contribution is 6.18. The van der Waals surface area contributed by atoms with Crippen LogP contribution in [0.4, 0.5) is 5.69 Å². The monoisotopic (exact) mass is 243 g/mol. The molecule has 0 radical (unpaired) electrons. The van der Waals surface area contributed by atoms with Crippen LogP contribution in [0.3, 0.4) is 0 Å². The summed E-state index contributed by atoms with van der Waals surface area (Å²) in [6.07, 6.45) is 5.15. The van der Waals surface area contributed by atoms with E-state index >= 15 is 0 Å². The fourth-order valence-electron chi connectivity index (χ4n) is 2.90. The smallest absolute Gasteiger partial charge is 0.169 e. The first-order chi connectivity index (χ1) is 8.74. The molecule has 2 aliphatic carbocycles. The van der Waals surface area contributed by atoms with Crippen LogP contribution in [-0.4, -0.2) is 16.8 Å². The zero-order chi connectivity index (χ0) is 12.7. The first-order valence-electron chi connectivity index (χ1n) is 6.00. The number of rotatable bonds is 1. The quantitative estimate of drug-likeness (QED) is 0.587. The van der Waals surface area contributed by atoms with Gasteiger partial charge in [0, 0.05) is 17.4 Å². The Kier molecular flexibility index (Phi) is 2.52. The van der Waals surface area contributed by atoms with E-state index in [0.717, 1.165) is 0 Å². The van der Waals surface area contributed by atoms with Crippen molar-refractivity contribution in [1.29, 1.82) is 0 Å². The van der Waals surface area contributed by atoms with Gasteiger partial charge in [0.05, 0.1) is 11.3 Å². The van der Waals surface area contributed by atoms with Crippen molar-refractivity contribution in [2.45, 2.75) is 12.8 Å². The van der Waals surface area contributed by atoms with E-state index in [1.807, 2.05) is 17.6 Å². The predicted molar refractivity (Wildman–Crippen MR) is 65.9 cm³/mol. The standard InChI is InChI=1S/C14H13NO3/c16-13-8-4-1-2-5-9(8)14(17)12-10(13)6-3-7-11(12)15-18/h1-3,6-9,15,18H,4-5H2. The van der Waals surface area contributed by atoms with Crippen LogP contribution in [0.5, 0.6) is 0 Å². The van der Waals surface area contributed by atoms with E-state index in [-0.39, 0.29) is 23.4 Å². The molecule has 1 aromatic rings. The Morgan fingerprint density at radius 3 is 2.39 bits per heavy atom. The lowest BCUT2D eigenvalue weighted by molar-refractivity contribution is 0.0729. The number of ketones is 2. The molecule has 2 unspecified atom stereocenters. The van der Waals surface area contributed by atoms with Gasteiger partial charge in [-0.2, -0.15) is 0 Å². The first kappa shape index (κ1) is 11.2. The van der Waals surface area contributed by atoms with E-state index in [2.05, 4.69) is 0 Å². The number of fused-ring (bicyclic) bond motifs is 2. The fourth-order valence-corrected chi connectivity index (χ4v) is 2.90. The van der Waals surface area contributed by atoms with E-state index in [1.165, 1.54) is 0 Å². The number of hydrogen-bond acceptors (Lipinski definition) is 4. The molecule has 92 valence electrons. The number of hydrogen-bond donors (Lipinski definition) is 2. The molecule has 18 heavy (non-hydrogen) atoms. The molecule has 4 heteroatoms. The summed E-state index contributed by atoms with van der Waals surface area (Å²) in [7, 11) is 0. The molecule has 2 atom stereocenters. The molecule has 2 N–H and O–H groups in total. The Bertz CT molecular complexity index is 562. The van der Waals surface area contributed by atoms with Crippen LogP contribution in [-0.2, 0) is 0 Å². The first-order valence-corrected chi connectivity index (χ1v) is 6.00. The molecular formula is C14H13NO3. The third kappa shape index (κ3) is 1.42. The second-order valence-electron chi connectivity index (χ2n) is 4.72. The van der Waals surface area contributed by atoms with Gasteiger partial charge in [0.1, 0.15) is 0 Å². The summed E-state index contributed by atoms with van der Waals surface area (Å²) in [4.78, 5) is 24.8. The maximum Gasteiger partial charge on any atom is 0.169 e. The van der Waals surface area contributed by atoms with E-state index in [1.54, 1.807) is 18.2 Å². The van der Waals surface area contributed by atoms with Gasteiger partial charge in [-0.3, -0.25) is 20.3 Å². The number of anilines is 1. The second-order valence-corrected chi connectivity index (χ2v) is 4.72. The van der Waals surface area contributed by atoms with Gasteiger partial charge in [-0.1, -0.05) is 24.3 Å². The molecule has 2 aliphatic rings. The van der Waals surface area contributed by atoms with Gasteiger partial charge in [0.25, 0.3) is 0 Å². The molecule has 0 aromatic heterocycles. The number of nitrogens with one attached hydrogen (secondary N) is 1. The predicted octanol–water partition coefficient (Wildman–Crippen LogP) is 2.45. The minimum absolute atomic E-state index is 0.0102. The van der Waals surface area contributed by atoms with Crippen molar-refractivity contribution in [2.75, 3.05) is 5.48 Å². The Hall–Kier alpha value is -1.94. The highest BCUT2D eigenvalue weighted by Crippen LogP contribution is 2.39. The molecule has 0 spiro atoms. The summed E-state index contributed by atoms with van der Waals surface area (Å²) in [5.74, 6) is -0.541. The van der Waals surface area contributed by atoms with Gasteiger partial charge < -0.3 is 0 Å². The summed E-state index contributed by atoms with van der Waals surface area (Å²) in [5, 5.41) is 9.07. The average molecular weight is 243 g/mol. The molecule has 0 aliphatic heterocycles. The number of Topliss-reactive ketones (excluding diaryl/α,β-unsaturated/α-hetero) is 2. The van der Waals surface area contributed by atoms with E-state index in [9.17, 15) is 9.59 Å². The van der Waals surface area contributed by atoms with E-state index < -0.39 is 0 Å². The van der Waals surface area contributed by atoms with Crippen molar-refractivity contribution in [2.24, 2.45) is 11.8 Å². The average Bonchev–Trinajstić information content (AvgIpc) is 2.44. The fraction of sp³-hybridized carbons (Fsp3) is 0.286. The van der Waals surface area contributed by atoms with Crippen molar-refractivity contribution >= 4 is 17.3 Å². The van der Waals surface area contributed by atoms with Crippen molar-refractivity contribution in [1.82, 2.24) is 0 Å². The maximum atomic E-state index is 12.4. The van der Waals surface area contributed by atoms with Crippen LogP contribution in [0.2, 0.25) is 0 Å². The summed E-state index contributed by atoms with van der Waals surface area (Å²) >= 11 is 0. The summed E-state index contributed by atoms with van der Waals surface area (Å²) in [5.41, 5.74) is 3.09. The topological polar surface area (TPSA) is 66.4 Å². The van der Waals surface area contributed by atoms with Crippen LogP contribution in [0.25, 0.3) is 0 Å². The van der Waals surface area contributed by atoms with Crippen molar-refractivity contribution in [3.8, 4) is 0 Å². The SMILES string of the molecule is O=C1c2cccc(NO)c2C(=O)C2CC=CCC12. The molecule has 0 amide bonds. The Balaban J connectivity index is 2.18. The normalized spacial score (nSPS) is 25.6. The van der Waals surface area contributed by atoms with Crippen molar-refractivity contribution in [3.63, 3.8) is 0 Å². The van der Waals surface area contributed by atoms with Gasteiger partial charge in [-0.15, -0.1) is 0 Å². The van der Waals surface area contributed by atoms with E-state index in [4.69, 9.17) is 5.21 Å². The van der Waals surface area contributed by atoms with Crippen LogP contribution in [0, 0.1) is 11.8 Å². The number of allylic oxidation sites excluding steroid dienone is 2. The molecule has 0 bridgehead atoms. The maximum absolute atomic E-state index is 12.4. The molecule has 1 aromatic carbocycles. The summed E-state index contributed by atoms with van der Waals surface area (Å²) < 4.78 is 0. The van der Waals surface area contributed by atoms with Crippen LogP contribution in [0.15, 0.2) is 30.4 Å². The Labute approximate surface area is 104 Å². The van der Waals surface area contributed by atoms with Gasteiger partial charge in [-0.25, -0.2) is 0 Å². The lowest BCUT2D eigenvalue weighted by Crippen LogP contribution is -2.37. The molecule has 0 saturated carbocycles. The zero-order valence-corrected chi connectivity index (χ0v) is 9.72. The zero-order valence-electron chi connectivity index (χ0n) is 9.72. The van der Waals surface area contributed by atoms with Gasteiger partial charge in [-0.05, 0) is 18.9 Å². The van der Waals surface area contributed by atoms with Crippen LogP contribution < -0.4 is 5.48 Å². The van der Waals surface area contributed by atoms with Gasteiger partial charge >= 0.3 is 0 Å². The molecule has 0 saturated heterocycles. The molecule has 0 heterocycles. The minimum Gasteiger partial charge on any atom is -0.294 e. The largest absolute Gasteiger partial charge is 0.294 e. The highest BCUT2D eigenvalue weighted by atomic mass is 16.5.